The van der Waals surface area contributed by atoms with E-state index >= 15 is 0 Å². The molecule has 134 valence electrons. The molecule has 0 unspecified atom stereocenters. The monoisotopic (exact) mass is 363 g/mol. The van der Waals surface area contributed by atoms with E-state index in [0.717, 1.165) is 0 Å². The third-order valence-corrected chi connectivity index (χ3v) is 5.42. The first kappa shape index (κ1) is 18.8. The summed E-state index contributed by atoms with van der Waals surface area (Å²) >= 11 is 0. The number of esters is 1. The number of hydrogen-bond acceptors (Lipinski definition) is 6. The van der Waals surface area contributed by atoms with Crippen molar-refractivity contribution in [3.05, 3.63) is 48.5 Å². The van der Waals surface area contributed by atoms with Crippen molar-refractivity contribution < 1.29 is 22.7 Å². The highest BCUT2D eigenvalue weighted by Crippen LogP contribution is 2.30. The number of benzene rings is 2. The van der Waals surface area contributed by atoms with Gasteiger partial charge in [0.2, 0.25) is 9.84 Å². The van der Waals surface area contributed by atoms with Crippen LogP contribution in [-0.2, 0) is 19.4 Å². The van der Waals surface area contributed by atoms with Gasteiger partial charge in [-0.2, -0.15) is 0 Å². The molecule has 0 heterocycles. The Morgan fingerprint density at radius 3 is 2.32 bits per heavy atom. The summed E-state index contributed by atoms with van der Waals surface area (Å²) in [7, 11) is -0.805. The zero-order chi connectivity index (χ0) is 18.4. The lowest BCUT2D eigenvalue weighted by Gasteiger charge is -2.21. The second-order valence-electron chi connectivity index (χ2n) is 5.31. The molecule has 0 N–H and O–H groups in total. The second kappa shape index (κ2) is 8.02. The van der Waals surface area contributed by atoms with E-state index in [2.05, 4.69) is 4.74 Å². The Hall–Kier alpha value is -2.54. The number of ether oxygens (including phenoxy) is 2. The maximum atomic E-state index is 13.0. The highest BCUT2D eigenvalue weighted by molar-refractivity contribution is 7.91. The van der Waals surface area contributed by atoms with E-state index in [-0.39, 0.29) is 16.3 Å². The van der Waals surface area contributed by atoms with Gasteiger partial charge in [-0.15, -0.1) is 0 Å². The number of likely N-dealkylation sites (N-methyl/N-ethyl adjacent to an activating group) is 1. The molecule has 0 aromatic heterocycles. The summed E-state index contributed by atoms with van der Waals surface area (Å²) in [6, 6.07) is 12.8. The first-order valence-electron chi connectivity index (χ1n) is 7.75. The van der Waals surface area contributed by atoms with Gasteiger partial charge in [0.1, 0.15) is 12.3 Å². The lowest BCUT2D eigenvalue weighted by atomic mass is 10.3. The molecule has 25 heavy (non-hydrogen) atoms. The minimum Gasteiger partial charge on any atom is -0.494 e. The minimum atomic E-state index is -3.74. The van der Waals surface area contributed by atoms with Crippen LogP contribution in [0.3, 0.4) is 0 Å². The SMILES string of the molecule is CCOc1ccc(S(=O)(=O)c2ccccc2N(C)CC(=O)OC)cc1. The van der Waals surface area contributed by atoms with Crippen LogP contribution in [0.2, 0.25) is 0 Å². The number of para-hydroxylation sites is 1. The molecule has 0 spiro atoms. The van der Waals surface area contributed by atoms with Gasteiger partial charge in [0, 0.05) is 7.05 Å². The molecule has 7 heteroatoms. The Morgan fingerprint density at radius 2 is 1.72 bits per heavy atom. The van der Waals surface area contributed by atoms with E-state index in [1.807, 2.05) is 6.92 Å². The van der Waals surface area contributed by atoms with Crippen LogP contribution in [0.4, 0.5) is 5.69 Å². The number of carbonyl (C=O) groups is 1. The van der Waals surface area contributed by atoms with Crippen molar-refractivity contribution in [2.45, 2.75) is 16.7 Å². The molecular formula is C18H21NO5S. The summed E-state index contributed by atoms with van der Waals surface area (Å²) in [6.45, 7) is 2.32. The van der Waals surface area contributed by atoms with Crippen molar-refractivity contribution in [1.29, 1.82) is 0 Å². The molecule has 2 rings (SSSR count). The van der Waals surface area contributed by atoms with Gasteiger partial charge >= 0.3 is 5.97 Å². The molecule has 0 atom stereocenters. The van der Waals surface area contributed by atoms with Crippen molar-refractivity contribution in [1.82, 2.24) is 0 Å². The summed E-state index contributed by atoms with van der Waals surface area (Å²) in [5, 5.41) is 0. The zero-order valence-corrected chi connectivity index (χ0v) is 15.2. The first-order chi connectivity index (χ1) is 11.9. The molecule has 0 aliphatic heterocycles. The van der Waals surface area contributed by atoms with Crippen LogP contribution in [0.5, 0.6) is 5.75 Å². The molecule has 6 nitrogen and oxygen atoms in total. The third kappa shape index (κ3) is 4.30. The topological polar surface area (TPSA) is 72.9 Å². The standard InChI is InChI=1S/C18H21NO5S/c1-4-24-14-9-11-15(12-10-14)25(21,22)17-8-6-5-7-16(17)19(2)13-18(20)23-3/h5-12H,4,13H2,1-3H3. The van der Waals surface area contributed by atoms with Crippen molar-refractivity contribution in [3.63, 3.8) is 0 Å². The van der Waals surface area contributed by atoms with E-state index in [1.54, 1.807) is 42.3 Å². The number of nitrogens with zero attached hydrogens (tertiary/aromatic N) is 1. The van der Waals surface area contributed by atoms with Gasteiger partial charge in [0.05, 0.1) is 29.2 Å². The maximum absolute atomic E-state index is 13.0. The number of anilines is 1. The normalized spacial score (nSPS) is 11.0. The molecule has 0 saturated heterocycles. The van der Waals surface area contributed by atoms with Gasteiger partial charge in [-0.1, -0.05) is 12.1 Å². The fraction of sp³-hybridized carbons (Fsp3) is 0.278. The fourth-order valence-corrected chi connectivity index (χ4v) is 3.86. The van der Waals surface area contributed by atoms with E-state index in [9.17, 15) is 13.2 Å². The largest absolute Gasteiger partial charge is 0.494 e. The summed E-state index contributed by atoms with van der Waals surface area (Å²) in [5.41, 5.74) is 0.432. The number of sulfone groups is 1. The first-order valence-corrected chi connectivity index (χ1v) is 9.23. The van der Waals surface area contributed by atoms with Gasteiger partial charge in [0.15, 0.2) is 0 Å². The Bertz CT molecular complexity index is 831. The summed E-state index contributed by atoms with van der Waals surface area (Å²) in [5.74, 6) is 0.160. The second-order valence-corrected chi connectivity index (χ2v) is 7.23. The van der Waals surface area contributed by atoms with E-state index < -0.39 is 15.8 Å². The van der Waals surface area contributed by atoms with Crippen LogP contribution < -0.4 is 9.64 Å². The average molecular weight is 363 g/mol. The summed E-state index contributed by atoms with van der Waals surface area (Å²) < 4.78 is 36.0. The molecule has 0 aliphatic carbocycles. The summed E-state index contributed by atoms with van der Waals surface area (Å²) in [4.78, 5) is 13.3. The predicted molar refractivity (Wildman–Crippen MR) is 94.8 cm³/mol. The van der Waals surface area contributed by atoms with Crippen molar-refractivity contribution >= 4 is 21.5 Å². The van der Waals surface area contributed by atoms with E-state index in [0.29, 0.717) is 18.0 Å². The minimum absolute atomic E-state index is 0.0493. The van der Waals surface area contributed by atoms with Gasteiger partial charge in [-0.05, 0) is 43.3 Å². The molecule has 2 aromatic carbocycles. The van der Waals surface area contributed by atoms with Gasteiger partial charge in [0.25, 0.3) is 0 Å². The number of hydrogen-bond donors (Lipinski definition) is 0. The third-order valence-electron chi connectivity index (χ3n) is 3.60. The molecule has 0 aliphatic rings. The smallest absolute Gasteiger partial charge is 0.325 e. The molecule has 0 saturated carbocycles. The Kier molecular flexibility index (Phi) is 6.03. The molecular weight excluding hydrogens is 342 g/mol. The van der Waals surface area contributed by atoms with Gasteiger partial charge in [-0.25, -0.2) is 8.42 Å². The lowest BCUT2D eigenvalue weighted by molar-refractivity contribution is -0.138. The zero-order valence-electron chi connectivity index (χ0n) is 14.4. The van der Waals surface area contributed by atoms with Crippen molar-refractivity contribution in [3.8, 4) is 5.75 Å². The van der Waals surface area contributed by atoms with Crippen LogP contribution in [0.15, 0.2) is 58.3 Å². The molecule has 0 amide bonds. The predicted octanol–water partition coefficient (Wildman–Crippen LogP) is 2.53. The summed E-state index contributed by atoms with van der Waals surface area (Å²) in [6.07, 6.45) is 0. The van der Waals surface area contributed by atoms with Crippen molar-refractivity contribution in [2.75, 3.05) is 32.2 Å². The molecule has 2 aromatic rings. The highest BCUT2D eigenvalue weighted by atomic mass is 32.2. The molecule has 0 bridgehead atoms. The highest BCUT2D eigenvalue weighted by Gasteiger charge is 2.23. The molecule has 0 fully saturated rings. The lowest BCUT2D eigenvalue weighted by Crippen LogP contribution is -2.27. The number of methoxy groups -OCH3 is 1. The Balaban J connectivity index is 2.41. The number of carbonyl (C=O) groups excluding carboxylic acids is 1. The number of rotatable bonds is 7. The van der Waals surface area contributed by atoms with E-state index in [4.69, 9.17) is 4.74 Å². The van der Waals surface area contributed by atoms with Crippen LogP contribution in [-0.4, -0.2) is 41.7 Å². The van der Waals surface area contributed by atoms with E-state index in [1.165, 1.54) is 25.3 Å². The van der Waals surface area contributed by atoms with Gasteiger partial charge < -0.3 is 14.4 Å². The Morgan fingerprint density at radius 1 is 1.08 bits per heavy atom. The van der Waals surface area contributed by atoms with Crippen LogP contribution in [0, 0.1) is 0 Å². The Labute approximate surface area is 147 Å². The van der Waals surface area contributed by atoms with Gasteiger partial charge in [-0.3, -0.25) is 4.79 Å². The van der Waals surface area contributed by atoms with Crippen LogP contribution >= 0.6 is 0 Å². The van der Waals surface area contributed by atoms with Crippen molar-refractivity contribution in [2.24, 2.45) is 0 Å². The van der Waals surface area contributed by atoms with Crippen LogP contribution in [0.25, 0.3) is 0 Å². The quantitative estimate of drug-likeness (QED) is 0.704. The average Bonchev–Trinajstić information content (AvgIpc) is 2.62. The fourth-order valence-electron chi connectivity index (χ4n) is 2.35. The maximum Gasteiger partial charge on any atom is 0.325 e. The molecule has 0 radical (unpaired) electrons. The van der Waals surface area contributed by atoms with Crippen LogP contribution in [0.1, 0.15) is 6.92 Å².